The molecule has 1 heterocycles. The molecule has 0 fully saturated rings. The number of benzene rings is 1. The van der Waals surface area contributed by atoms with Crippen LogP contribution in [0.5, 0.6) is 0 Å². The Morgan fingerprint density at radius 1 is 1.30 bits per heavy atom. The van der Waals surface area contributed by atoms with E-state index in [0.717, 1.165) is 5.56 Å². The van der Waals surface area contributed by atoms with Crippen LogP contribution in [0.3, 0.4) is 0 Å². The molecule has 0 saturated carbocycles. The van der Waals surface area contributed by atoms with E-state index in [2.05, 4.69) is 11.1 Å². The van der Waals surface area contributed by atoms with Crippen LogP contribution < -0.4 is 0 Å². The summed E-state index contributed by atoms with van der Waals surface area (Å²) < 4.78 is 0. The lowest BCUT2D eigenvalue weighted by atomic mass is 10.1. The second-order valence-corrected chi connectivity index (χ2v) is 4.57. The quantitative estimate of drug-likeness (QED) is 0.857. The third-order valence-corrected chi connectivity index (χ3v) is 3.06. The molecular weight excluding hydrogens is 250 g/mol. The number of aromatic nitrogens is 1. The molecule has 4 heteroatoms. The minimum absolute atomic E-state index is 0.189. The Morgan fingerprint density at radius 2 is 2.10 bits per heavy atom. The highest BCUT2D eigenvalue weighted by atomic mass is 16.2. The summed E-state index contributed by atoms with van der Waals surface area (Å²) in [7, 11) is 1.62. The molecule has 0 aliphatic carbocycles. The number of aryl methyl sites for hydroxylation is 1. The molecule has 0 spiro atoms. The Labute approximate surface area is 118 Å². The van der Waals surface area contributed by atoms with Crippen molar-refractivity contribution in [3.8, 4) is 6.07 Å². The summed E-state index contributed by atoms with van der Waals surface area (Å²) in [5, 5.41) is 9.32. The average Bonchev–Trinajstić information content (AvgIpc) is 2.48. The Balaban J connectivity index is 2.28. The highest BCUT2D eigenvalue weighted by Gasteiger charge is 2.23. The lowest BCUT2D eigenvalue weighted by molar-refractivity contribution is 0.0761. The molecule has 1 unspecified atom stereocenters. The van der Waals surface area contributed by atoms with Crippen LogP contribution in [0, 0.1) is 18.3 Å². The number of pyridine rings is 1. The standard InChI is InChI=1S/C16H15N3O/c1-12-6-5-7-13(10-12)16(20)19(2)15(11-17)14-8-3-4-9-18-14/h3-10,15H,1-2H3. The van der Waals surface area contributed by atoms with Gasteiger partial charge in [0, 0.05) is 18.8 Å². The summed E-state index contributed by atoms with van der Waals surface area (Å²) in [6, 6.07) is 14.1. The van der Waals surface area contributed by atoms with Gasteiger partial charge in [-0.05, 0) is 31.2 Å². The zero-order chi connectivity index (χ0) is 14.5. The SMILES string of the molecule is Cc1cccc(C(=O)N(C)C(C#N)c2ccccn2)c1. The molecule has 1 atom stereocenters. The second kappa shape index (κ2) is 5.98. The van der Waals surface area contributed by atoms with Crippen molar-refractivity contribution in [1.29, 1.82) is 5.26 Å². The number of nitriles is 1. The van der Waals surface area contributed by atoms with Gasteiger partial charge in [-0.1, -0.05) is 23.8 Å². The molecule has 0 saturated heterocycles. The molecular formula is C16H15N3O. The molecule has 1 aromatic heterocycles. The van der Waals surface area contributed by atoms with E-state index in [1.54, 1.807) is 37.5 Å². The molecule has 1 amide bonds. The van der Waals surface area contributed by atoms with E-state index in [4.69, 9.17) is 0 Å². The van der Waals surface area contributed by atoms with Crippen LogP contribution in [0.2, 0.25) is 0 Å². The van der Waals surface area contributed by atoms with Gasteiger partial charge >= 0.3 is 0 Å². The van der Waals surface area contributed by atoms with Crippen molar-refractivity contribution in [2.24, 2.45) is 0 Å². The minimum atomic E-state index is -0.691. The first-order valence-electron chi connectivity index (χ1n) is 6.28. The van der Waals surface area contributed by atoms with Gasteiger partial charge < -0.3 is 4.90 Å². The first kappa shape index (κ1) is 13.8. The topological polar surface area (TPSA) is 57.0 Å². The predicted molar refractivity (Wildman–Crippen MR) is 75.9 cm³/mol. The van der Waals surface area contributed by atoms with Gasteiger partial charge in [0.2, 0.25) is 0 Å². The van der Waals surface area contributed by atoms with Crippen LogP contribution in [0.15, 0.2) is 48.7 Å². The maximum Gasteiger partial charge on any atom is 0.254 e. The molecule has 0 bridgehead atoms. The minimum Gasteiger partial charge on any atom is -0.320 e. The normalized spacial score (nSPS) is 11.4. The molecule has 0 aliphatic rings. The highest BCUT2D eigenvalue weighted by molar-refractivity contribution is 5.94. The van der Waals surface area contributed by atoms with E-state index in [9.17, 15) is 10.1 Å². The first-order valence-corrected chi connectivity index (χ1v) is 6.28. The van der Waals surface area contributed by atoms with Gasteiger partial charge in [-0.2, -0.15) is 5.26 Å². The van der Waals surface area contributed by atoms with Crippen LogP contribution in [0.25, 0.3) is 0 Å². The summed E-state index contributed by atoms with van der Waals surface area (Å²) in [5.41, 5.74) is 2.15. The van der Waals surface area contributed by atoms with Gasteiger partial charge in [-0.25, -0.2) is 0 Å². The summed E-state index contributed by atoms with van der Waals surface area (Å²) >= 11 is 0. The van der Waals surface area contributed by atoms with Crippen LogP contribution in [-0.2, 0) is 0 Å². The second-order valence-electron chi connectivity index (χ2n) is 4.57. The summed E-state index contributed by atoms with van der Waals surface area (Å²) in [4.78, 5) is 18.0. The Kier molecular flexibility index (Phi) is 4.11. The maximum absolute atomic E-state index is 12.4. The Hall–Kier alpha value is -2.67. The van der Waals surface area contributed by atoms with Gasteiger partial charge in [-0.15, -0.1) is 0 Å². The van der Waals surface area contributed by atoms with E-state index in [1.165, 1.54) is 4.90 Å². The van der Waals surface area contributed by atoms with Gasteiger partial charge in [0.05, 0.1) is 11.8 Å². The average molecular weight is 265 g/mol. The van der Waals surface area contributed by atoms with Crippen molar-refractivity contribution in [3.05, 3.63) is 65.5 Å². The molecule has 0 radical (unpaired) electrons. The number of hydrogen-bond acceptors (Lipinski definition) is 3. The van der Waals surface area contributed by atoms with Crippen molar-refractivity contribution in [2.45, 2.75) is 13.0 Å². The largest absolute Gasteiger partial charge is 0.320 e. The molecule has 0 aliphatic heterocycles. The zero-order valence-corrected chi connectivity index (χ0v) is 11.4. The lowest BCUT2D eigenvalue weighted by Crippen LogP contribution is -2.31. The van der Waals surface area contributed by atoms with Crippen LogP contribution in [0.4, 0.5) is 0 Å². The van der Waals surface area contributed by atoms with Crippen LogP contribution in [0.1, 0.15) is 27.7 Å². The van der Waals surface area contributed by atoms with E-state index >= 15 is 0 Å². The fourth-order valence-electron chi connectivity index (χ4n) is 1.99. The first-order chi connectivity index (χ1) is 9.63. The molecule has 20 heavy (non-hydrogen) atoms. The van der Waals surface area contributed by atoms with Crippen molar-refractivity contribution in [2.75, 3.05) is 7.05 Å². The number of rotatable bonds is 3. The van der Waals surface area contributed by atoms with Gasteiger partial charge in [0.15, 0.2) is 6.04 Å². The number of hydrogen-bond donors (Lipinski definition) is 0. The number of carbonyl (C=O) groups excluding carboxylic acids is 1. The number of nitrogens with zero attached hydrogens (tertiary/aromatic N) is 3. The summed E-state index contributed by atoms with van der Waals surface area (Å²) in [6.07, 6.45) is 1.62. The molecule has 1 aromatic carbocycles. The van der Waals surface area contributed by atoms with E-state index in [0.29, 0.717) is 11.3 Å². The number of carbonyl (C=O) groups is 1. The fraction of sp³-hybridized carbons (Fsp3) is 0.188. The lowest BCUT2D eigenvalue weighted by Gasteiger charge is -2.22. The third kappa shape index (κ3) is 2.83. The van der Waals surface area contributed by atoms with Crippen molar-refractivity contribution >= 4 is 5.91 Å². The fourth-order valence-corrected chi connectivity index (χ4v) is 1.99. The monoisotopic (exact) mass is 265 g/mol. The van der Waals surface area contributed by atoms with E-state index in [1.807, 2.05) is 25.1 Å². The molecule has 0 N–H and O–H groups in total. The van der Waals surface area contributed by atoms with Crippen LogP contribution in [-0.4, -0.2) is 22.8 Å². The zero-order valence-electron chi connectivity index (χ0n) is 11.4. The van der Waals surface area contributed by atoms with Crippen molar-refractivity contribution in [3.63, 3.8) is 0 Å². The van der Waals surface area contributed by atoms with E-state index in [-0.39, 0.29) is 5.91 Å². The molecule has 100 valence electrons. The molecule has 4 nitrogen and oxygen atoms in total. The summed E-state index contributed by atoms with van der Waals surface area (Å²) in [6.45, 7) is 1.93. The summed E-state index contributed by atoms with van der Waals surface area (Å²) in [5.74, 6) is -0.189. The van der Waals surface area contributed by atoms with Gasteiger partial charge in [0.1, 0.15) is 0 Å². The van der Waals surface area contributed by atoms with Crippen molar-refractivity contribution < 1.29 is 4.79 Å². The predicted octanol–water partition coefficient (Wildman–Crippen LogP) is 2.73. The molecule has 2 rings (SSSR count). The molecule has 2 aromatic rings. The van der Waals surface area contributed by atoms with Crippen LogP contribution >= 0.6 is 0 Å². The maximum atomic E-state index is 12.4. The Morgan fingerprint density at radius 3 is 2.70 bits per heavy atom. The van der Waals surface area contributed by atoms with Gasteiger partial charge in [-0.3, -0.25) is 9.78 Å². The van der Waals surface area contributed by atoms with E-state index < -0.39 is 6.04 Å². The number of amides is 1. The third-order valence-electron chi connectivity index (χ3n) is 3.06. The highest BCUT2D eigenvalue weighted by Crippen LogP contribution is 2.19. The smallest absolute Gasteiger partial charge is 0.254 e. The van der Waals surface area contributed by atoms with Gasteiger partial charge in [0.25, 0.3) is 5.91 Å². The Bertz CT molecular complexity index is 646. The van der Waals surface area contributed by atoms with Crippen molar-refractivity contribution in [1.82, 2.24) is 9.88 Å².